The van der Waals surface area contributed by atoms with Crippen molar-refractivity contribution in [2.45, 2.75) is 26.4 Å². The van der Waals surface area contributed by atoms with Gasteiger partial charge in [-0.05, 0) is 19.4 Å². The number of carbonyl (C=O) groups excluding carboxylic acids is 3. The van der Waals surface area contributed by atoms with Crippen LogP contribution in [0.2, 0.25) is 0 Å². The number of ether oxygens (including phenoxy) is 2. The molecule has 148 valence electrons. The first-order chi connectivity index (χ1) is 13.4. The van der Waals surface area contributed by atoms with Gasteiger partial charge in [-0.2, -0.15) is 0 Å². The van der Waals surface area contributed by atoms with E-state index in [1.165, 1.54) is 12.0 Å². The Morgan fingerprint density at radius 1 is 1.14 bits per heavy atom. The van der Waals surface area contributed by atoms with Crippen LogP contribution >= 0.6 is 0 Å². The topological polar surface area (TPSA) is 76.1 Å². The molecule has 1 spiro atoms. The normalized spacial score (nSPS) is 22.6. The molecule has 28 heavy (non-hydrogen) atoms. The van der Waals surface area contributed by atoms with Crippen LogP contribution < -0.4 is 0 Å². The predicted molar refractivity (Wildman–Crippen MR) is 102 cm³/mol. The van der Waals surface area contributed by atoms with E-state index in [0.29, 0.717) is 6.54 Å². The summed E-state index contributed by atoms with van der Waals surface area (Å²) >= 11 is 0. The lowest BCUT2D eigenvalue weighted by Gasteiger charge is -2.35. The van der Waals surface area contributed by atoms with E-state index in [0.717, 1.165) is 5.56 Å². The highest BCUT2D eigenvalue weighted by Gasteiger charge is 2.59. The fraction of sp³-hybridized carbons (Fsp3) is 0.381. The van der Waals surface area contributed by atoms with Crippen molar-refractivity contribution in [1.82, 2.24) is 9.80 Å². The molecule has 2 aliphatic rings. The highest BCUT2D eigenvalue weighted by Crippen LogP contribution is 2.47. The van der Waals surface area contributed by atoms with Crippen LogP contribution in [0.15, 0.2) is 54.9 Å². The van der Waals surface area contributed by atoms with E-state index in [1.807, 2.05) is 37.3 Å². The Morgan fingerprint density at radius 2 is 1.79 bits per heavy atom. The van der Waals surface area contributed by atoms with Crippen LogP contribution in [0.3, 0.4) is 0 Å². The predicted octanol–water partition coefficient (Wildman–Crippen LogP) is 2.69. The molecule has 0 aromatic heterocycles. The summed E-state index contributed by atoms with van der Waals surface area (Å²) in [6, 6.07) is 9.30. The number of amides is 2. The molecule has 2 aliphatic heterocycles. The summed E-state index contributed by atoms with van der Waals surface area (Å²) < 4.78 is 9.92. The molecule has 2 unspecified atom stereocenters. The van der Waals surface area contributed by atoms with E-state index >= 15 is 0 Å². The van der Waals surface area contributed by atoms with Crippen molar-refractivity contribution >= 4 is 18.0 Å². The highest BCUT2D eigenvalue weighted by atomic mass is 16.6. The second kappa shape index (κ2) is 7.88. The van der Waals surface area contributed by atoms with E-state index in [4.69, 9.17) is 9.47 Å². The van der Waals surface area contributed by atoms with Gasteiger partial charge in [0.1, 0.15) is 0 Å². The first-order valence-electron chi connectivity index (χ1n) is 9.20. The van der Waals surface area contributed by atoms with Crippen LogP contribution in [-0.4, -0.2) is 47.5 Å². The number of carbonyl (C=O) groups is 3. The van der Waals surface area contributed by atoms with Crippen molar-refractivity contribution in [2.75, 3.05) is 13.7 Å². The van der Waals surface area contributed by atoms with Gasteiger partial charge in [0.2, 0.25) is 5.91 Å². The fourth-order valence-electron chi connectivity index (χ4n) is 3.81. The number of hydrogen-bond donors (Lipinski definition) is 0. The van der Waals surface area contributed by atoms with Crippen molar-refractivity contribution in [3.8, 4) is 0 Å². The quantitative estimate of drug-likeness (QED) is 0.589. The Morgan fingerprint density at radius 3 is 2.36 bits per heavy atom. The lowest BCUT2D eigenvalue weighted by molar-refractivity contribution is -0.152. The van der Waals surface area contributed by atoms with Crippen LogP contribution in [0.4, 0.5) is 4.79 Å². The lowest BCUT2D eigenvalue weighted by Crippen LogP contribution is -2.41. The zero-order valence-electron chi connectivity index (χ0n) is 16.2. The number of methoxy groups -OCH3 is 1. The molecule has 0 bridgehead atoms. The van der Waals surface area contributed by atoms with Gasteiger partial charge in [-0.3, -0.25) is 14.5 Å². The fourth-order valence-corrected chi connectivity index (χ4v) is 3.81. The van der Waals surface area contributed by atoms with Crippen molar-refractivity contribution in [2.24, 2.45) is 11.3 Å². The second-order valence-corrected chi connectivity index (χ2v) is 6.82. The molecule has 1 fully saturated rings. The summed E-state index contributed by atoms with van der Waals surface area (Å²) in [6.07, 6.45) is 6.02. The molecule has 7 heteroatoms. The van der Waals surface area contributed by atoms with E-state index in [2.05, 4.69) is 0 Å². The molecule has 0 saturated carbocycles. The van der Waals surface area contributed by atoms with Crippen LogP contribution in [-0.2, 0) is 25.6 Å². The molecule has 3 rings (SSSR count). The Balaban J connectivity index is 1.93. The Kier molecular flexibility index (Phi) is 5.53. The van der Waals surface area contributed by atoms with Gasteiger partial charge >= 0.3 is 12.1 Å². The van der Waals surface area contributed by atoms with E-state index in [9.17, 15) is 14.4 Å². The molecule has 2 heterocycles. The van der Waals surface area contributed by atoms with Crippen molar-refractivity contribution in [3.05, 3.63) is 60.4 Å². The summed E-state index contributed by atoms with van der Waals surface area (Å²) in [6.45, 7) is 4.27. The first kappa shape index (κ1) is 19.7. The maximum absolute atomic E-state index is 13.2. The standard InChI is InChI=1S/C21H24N2O5/c1-4-28-20(26)22-12-10-21(11-13-22)15(2)23(14-16-8-6-5-7-9-16)18(24)17(21)19(25)27-3/h5-13,15,17H,4,14H2,1-3H3. The largest absolute Gasteiger partial charge is 0.468 e. The molecule has 2 atom stereocenters. The molecule has 0 aliphatic carbocycles. The van der Waals surface area contributed by atoms with Crippen LogP contribution in [0.25, 0.3) is 0 Å². The molecular weight excluding hydrogens is 360 g/mol. The SMILES string of the molecule is CCOC(=O)N1C=CC2(C=C1)C(C(=O)OC)C(=O)N(Cc1ccccc1)C2C. The van der Waals surface area contributed by atoms with Gasteiger partial charge in [0.15, 0.2) is 5.92 Å². The minimum Gasteiger partial charge on any atom is -0.468 e. The lowest BCUT2D eigenvalue weighted by atomic mass is 9.72. The molecule has 0 N–H and O–H groups in total. The Hall–Kier alpha value is -3.09. The van der Waals surface area contributed by atoms with Gasteiger partial charge in [0, 0.05) is 25.0 Å². The summed E-state index contributed by atoms with van der Waals surface area (Å²) in [7, 11) is 1.27. The number of hydrogen-bond acceptors (Lipinski definition) is 5. The Labute approximate surface area is 164 Å². The maximum Gasteiger partial charge on any atom is 0.417 e. The van der Waals surface area contributed by atoms with Gasteiger partial charge in [0.25, 0.3) is 0 Å². The first-order valence-corrected chi connectivity index (χ1v) is 9.20. The smallest absolute Gasteiger partial charge is 0.417 e. The monoisotopic (exact) mass is 384 g/mol. The third kappa shape index (κ3) is 3.28. The minimum atomic E-state index is -1.01. The van der Waals surface area contributed by atoms with E-state index in [-0.39, 0.29) is 18.6 Å². The molecule has 7 nitrogen and oxygen atoms in total. The zero-order valence-corrected chi connectivity index (χ0v) is 16.2. The van der Waals surface area contributed by atoms with Crippen LogP contribution in [0, 0.1) is 11.3 Å². The molecule has 1 aromatic rings. The molecule has 1 aromatic carbocycles. The van der Waals surface area contributed by atoms with E-state index < -0.39 is 23.4 Å². The number of nitrogens with zero attached hydrogens (tertiary/aromatic N) is 2. The van der Waals surface area contributed by atoms with Gasteiger partial charge in [0.05, 0.1) is 19.1 Å². The Bertz CT molecular complexity index is 803. The molecule has 2 amide bonds. The van der Waals surface area contributed by atoms with Gasteiger partial charge in [-0.1, -0.05) is 42.5 Å². The van der Waals surface area contributed by atoms with Crippen molar-refractivity contribution in [3.63, 3.8) is 0 Å². The van der Waals surface area contributed by atoms with Gasteiger partial charge in [-0.25, -0.2) is 4.79 Å². The average molecular weight is 384 g/mol. The second-order valence-electron chi connectivity index (χ2n) is 6.82. The number of benzene rings is 1. The van der Waals surface area contributed by atoms with Gasteiger partial charge in [-0.15, -0.1) is 0 Å². The third-order valence-corrected chi connectivity index (χ3v) is 5.38. The number of likely N-dealkylation sites (tertiary alicyclic amines) is 1. The summed E-state index contributed by atoms with van der Waals surface area (Å²) in [5.41, 5.74) is 0.0716. The van der Waals surface area contributed by atoms with Crippen LogP contribution in [0.5, 0.6) is 0 Å². The van der Waals surface area contributed by atoms with E-state index in [1.54, 1.807) is 36.4 Å². The highest BCUT2D eigenvalue weighted by molar-refractivity contribution is 6.02. The molecule has 1 saturated heterocycles. The summed E-state index contributed by atoms with van der Waals surface area (Å²) in [4.78, 5) is 40.6. The van der Waals surface area contributed by atoms with Crippen molar-refractivity contribution < 1.29 is 23.9 Å². The average Bonchev–Trinajstić information content (AvgIpc) is 2.90. The van der Waals surface area contributed by atoms with Gasteiger partial charge < -0.3 is 14.4 Å². The number of rotatable bonds is 4. The zero-order chi connectivity index (χ0) is 20.3. The summed E-state index contributed by atoms with van der Waals surface area (Å²) in [5.74, 6) is -1.89. The van der Waals surface area contributed by atoms with Crippen molar-refractivity contribution in [1.29, 1.82) is 0 Å². The summed E-state index contributed by atoms with van der Waals surface area (Å²) in [5, 5.41) is 0. The minimum absolute atomic E-state index is 0.257. The maximum atomic E-state index is 13.2. The van der Waals surface area contributed by atoms with Crippen LogP contribution in [0.1, 0.15) is 19.4 Å². The third-order valence-electron chi connectivity index (χ3n) is 5.38. The molecular formula is C21H24N2O5. The molecule has 0 radical (unpaired) electrons. The number of esters is 1.